The molecule has 6 heterocycles. The van der Waals surface area contributed by atoms with E-state index in [9.17, 15) is 14.4 Å². The Labute approximate surface area is 257 Å². The molecule has 43 heavy (non-hydrogen) atoms. The van der Waals surface area contributed by atoms with Gasteiger partial charge in [-0.2, -0.15) is 5.10 Å². The fourth-order valence-electron chi connectivity index (χ4n) is 5.81. The van der Waals surface area contributed by atoms with Gasteiger partial charge in [0.25, 0.3) is 5.91 Å². The van der Waals surface area contributed by atoms with Crippen molar-refractivity contribution in [1.29, 1.82) is 0 Å². The predicted molar refractivity (Wildman–Crippen MR) is 168 cm³/mol. The maximum Gasteiger partial charge on any atom is 0.252 e. The van der Waals surface area contributed by atoms with Crippen molar-refractivity contribution in [2.24, 2.45) is 11.7 Å². The van der Waals surface area contributed by atoms with Gasteiger partial charge in [-0.25, -0.2) is 0 Å². The lowest BCUT2D eigenvalue weighted by molar-refractivity contribution is -0.118. The van der Waals surface area contributed by atoms with E-state index in [4.69, 9.17) is 15.6 Å². The number of carbonyl (C=O) groups excluding carboxylic acids is 3. The van der Waals surface area contributed by atoms with Gasteiger partial charge in [0.05, 0.1) is 11.7 Å². The van der Waals surface area contributed by atoms with Gasteiger partial charge >= 0.3 is 0 Å². The number of carbonyl (C=O) groups is 3. The number of anilines is 1. The van der Waals surface area contributed by atoms with E-state index in [0.29, 0.717) is 49.6 Å². The molecule has 0 spiro atoms. The van der Waals surface area contributed by atoms with Crippen LogP contribution in [0.25, 0.3) is 4.91 Å². The first-order valence-electron chi connectivity index (χ1n) is 15.4. The van der Waals surface area contributed by atoms with Crippen LogP contribution in [0, 0.1) is 5.92 Å². The summed E-state index contributed by atoms with van der Waals surface area (Å²) in [6, 6.07) is 4.27. The highest BCUT2D eigenvalue weighted by atomic mass is 32.2. The molecule has 4 aliphatic rings. The molecule has 4 aliphatic heterocycles. The number of hydrogen-bond donors (Lipinski definition) is 2. The van der Waals surface area contributed by atoms with Crippen LogP contribution in [0.5, 0.6) is 0 Å². The Hall–Kier alpha value is -3.28. The normalized spacial score (nSPS) is 21.7. The number of hydrogen-bond acceptors (Lipinski definition) is 8. The smallest absolute Gasteiger partial charge is 0.252 e. The van der Waals surface area contributed by atoms with Crippen LogP contribution in [-0.4, -0.2) is 70.1 Å². The van der Waals surface area contributed by atoms with Crippen LogP contribution < -0.4 is 11.1 Å². The number of nitrogens with two attached hydrogens (primary N) is 1. The lowest BCUT2D eigenvalue weighted by atomic mass is 9.99. The molecular formula is C32H42N6O4S. The van der Waals surface area contributed by atoms with Crippen LogP contribution in [-0.2, 0) is 20.7 Å². The summed E-state index contributed by atoms with van der Waals surface area (Å²) in [4.78, 5) is 46.4. The number of thioether (sulfide) groups is 1. The van der Waals surface area contributed by atoms with Crippen LogP contribution >= 0.6 is 11.8 Å². The third-order valence-electron chi connectivity index (χ3n) is 8.34. The van der Waals surface area contributed by atoms with E-state index in [-0.39, 0.29) is 29.6 Å². The SMILES string of the molecule is CC1C=C2SC=C1C(=O)Nc1cn(C3CCOCC3)nc1C(=O)CCCCCN(CCC(N)=O)CCCc1cc2ccn1. The molecule has 10 nitrogen and oxygen atoms in total. The molecule has 2 amide bonds. The quantitative estimate of drug-likeness (QED) is 0.510. The Morgan fingerprint density at radius 3 is 2.74 bits per heavy atom. The molecule has 0 aromatic carbocycles. The Bertz CT molecular complexity index is 1380. The average Bonchev–Trinajstić information content (AvgIpc) is 3.43. The third-order valence-corrected chi connectivity index (χ3v) is 9.33. The summed E-state index contributed by atoms with van der Waals surface area (Å²) in [6.07, 6.45) is 12.4. The highest BCUT2D eigenvalue weighted by molar-refractivity contribution is 8.11. The maximum atomic E-state index is 13.5. The number of fused-ring (bicyclic) bond motifs is 12. The van der Waals surface area contributed by atoms with E-state index >= 15 is 0 Å². The van der Waals surface area contributed by atoms with E-state index < -0.39 is 0 Å². The fourth-order valence-corrected chi connectivity index (χ4v) is 6.93. The zero-order chi connectivity index (χ0) is 30.2. The maximum absolute atomic E-state index is 13.5. The summed E-state index contributed by atoms with van der Waals surface area (Å²) in [7, 11) is 0. The highest BCUT2D eigenvalue weighted by Gasteiger charge is 2.26. The van der Waals surface area contributed by atoms with E-state index in [2.05, 4.69) is 27.3 Å². The molecule has 11 heteroatoms. The summed E-state index contributed by atoms with van der Waals surface area (Å²) in [5.74, 6) is -0.680. The van der Waals surface area contributed by atoms with Crippen molar-refractivity contribution in [2.75, 3.05) is 38.2 Å². The number of rotatable bonds is 4. The van der Waals surface area contributed by atoms with Crippen LogP contribution in [0.15, 0.2) is 41.6 Å². The minimum atomic E-state index is -0.296. The summed E-state index contributed by atoms with van der Waals surface area (Å²) in [5, 5.41) is 9.65. The molecule has 0 radical (unpaired) electrons. The van der Waals surface area contributed by atoms with E-state index in [1.807, 2.05) is 35.5 Å². The Morgan fingerprint density at radius 2 is 1.95 bits per heavy atom. The predicted octanol–water partition coefficient (Wildman–Crippen LogP) is 4.74. The molecule has 0 aliphatic carbocycles. The highest BCUT2D eigenvalue weighted by Crippen LogP contribution is 2.38. The van der Waals surface area contributed by atoms with Crippen LogP contribution in [0.3, 0.4) is 0 Å². The lowest BCUT2D eigenvalue weighted by Crippen LogP contribution is -2.30. The number of amides is 2. The van der Waals surface area contributed by atoms with E-state index in [1.54, 1.807) is 0 Å². The second kappa shape index (κ2) is 14.9. The number of aryl methyl sites for hydroxylation is 1. The second-order valence-corrected chi connectivity index (χ2v) is 12.5. The summed E-state index contributed by atoms with van der Waals surface area (Å²) in [5.41, 5.74) is 9.00. The van der Waals surface area contributed by atoms with Gasteiger partial charge in [-0.1, -0.05) is 31.2 Å². The zero-order valence-electron chi connectivity index (χ0n) is 24.9. The lowest BCUT2D eigenvalue weighted by Gasteiger charge is -2.22. The van der Waals surface area contributed by atoms with Crippen LogP contribution in [0.4, 0.5) is 5.69 Å². The molecule has 2 aromatic heterocycles. The number of nitrogens with zero attached hydrogens (tertiary/aromatic N) is 4. The van der Waals surface area contributed by atoms with Crippen LogP contribution in [0.2, 0.25) is 0 Å². The van der Waals surface area contributed by atoms with Gasteiger partial charge in [0, 0.05) is 67.1 Å². The number of ketones is 1. The van der Waals surface area contributed by atoms with Gasteiger partial charge in [0.1, 0.15) is 0 Å². The molecule has 1 fully saturated rings. The molecule has 1 unspecified atom stereocenters. The second-order valence-electron chi connectivity index (χ2n) is 11.6. The number of ether oxygens (including phenoxy) is 1. The average molecular weight is 607 g/mol. The van der Waals surface area contributed by atoms with Gasteiger partial charge in [0.15, 0.2) is 11.5 Å². The molecule has 230 valence electrons. The number of primary amides is 1. The van der Waals surface area contributed by atoms with E-state index in [1.165, 1.54) is 11.8 Å². The van der Waals surface area contributed by atoms with Crippen molar-refractivity contribution < 1.29 is 19.1 Å². The summed E-state index contributed by atoms with van der Waals surface area (Å²) >= 11 is 1.53. The molecule has 1 saturated heterocycles. The molecule has 4 bridgehead atoms. The zero-order valence-corrected chi connectivity index (χ0v) is 25.7. The number of nitrogens with one attached hydrogen (secondary N) is 1. The van der Waals surface area contributed by atoms with Crippen molar-refractivity contribution >= 4 is 40.0 Å². The molecule has 0 saturated carbocycles. The van der Waals surface area contributed by atoms with Crippen molar-refractivity contribution in [3.05, 3.63) is 58.5 Å². The number of aromatic nitrogens is 3. The summed E-state index contributed by atoms with van der Waals surface area (Å²) in [6.45, 7) is 5.64. The van der Waals surface area contributed by atoms with Gasteiger partial charge in [0.2, 0.25) is 5.91 Å². The molecule has 1 atom stereocenters. The van der Waals surface area contributed by atoms with Gasteiger partial charge < -0.3 is 20.7 Å². The fraction of sp³-hybridized carbons (Fsp3) is 0.531. The standard InChI is InChI=1S/C32H42N6O4S/c1-22-18-29-23-8-12-34-24(19-23)6-5-14-37(15-9-30(33)40)13-4-2-3-7-28(39)31-27(35-32(41)26(22)21-43-29)20-38(36-31)25-10-16-42-17-11-25/h8,12,18-22,25H,2-7,9-11,13-17H2,1H3,(H2,33,40)(H,35,41). The van der Waals surface area contributed by atoms with Gasteiger partial charge in [-0.3, -0.25) is 24.0 Å². The van der Waals surface area contributed by atoms with Gasteiger partial charge in [-0.15, -0.1) is 0 Å². The monoisotopic (exact) mass is 606 g/mol. The Morgan fingerprint density at radius 1 is 1.14 bits per heavy atom. The van der Waals surface area contributed by atoms with E-state index in [0.717, 1.165) is 74.2 Å². The number of pyridine rings is 1. The van der Waals surface area contributed by atoms with Gasteiger partial charge in [-0.05, 0) is 74.7 Å². The van der Waals surface area contributed by atoms with Crippen molar-refractivity contribution in [3.63, 3.8) is 0 Å². The van der Waals surface area contributed by atoms with Crippen molar-refractivity contribution in [2.45, 2.75) is 70.8 Å². The first kappa shape index (κ1) is 31.2. The van der Waals surface area contributed by atoms with Crippen molar-refractivity contribution in [1.82, 2.24) is 19.7 Å². The van der Waals surface area contributed by atoms with Crippen LogP contribution in [0.1, 0.15) is 86.1 Å². The summed E-state index contributed by atoms with van der Waals surface area (Å²) < 4.78 is 7.36. The largest absolute Gasteiger partial charge is 0.381 e. The minimum Gasteiger partial charge on any atom is -0.381 e. The first-order valence-corrected chi connectivity index (χ1v) is 16.3. The minimum absolute atomic E-state index is 0.0633. The number of allylic oxidation sites excluding steroid dienone is 1. The Kier molecular flexibility index (Phi) is 10.8. The number of Topliss-reactive ketones (excluding diaryl/α,β-unsaturated/α-hetero) is 1. The Balaban J connectivity index is 1.39. The molecule has 6 rings (SSSR count). The topological polar surface area (TPSA) is 132 Å². The molecule has 2 aromatic rings. The van der Waals surface area contributed by atoms with Crippen molar-refractivity contribution in [3.8, 4) is 0 Å². The first-order chi connectivity index (χ1) is 20.9. The molecule has 3 N–H and O–H groups in total. The molecular weight excluding hydrogens is 564 g/mol. The third kappa shape index (κ3) is 8.43.